The summed E-state index contributed by atoms with van der Waals surface area (Å²) in [5.74, 6) is 0.889. The first-order valence-electron chi connectivity index (χ1n) is 9.43. The zero-order valence-corrected chi connectivity index (χ0v) is 24.5. The van der Waals surface area contributed by atoms with Crippen LogP contribution in [-0.2, 0) is 57.4 Å². The fraction of sp³-hybridized carbons (Fsp3) is 0.0556. The largest absolute Gasteiger partial charge is 0.722 e. The number of thiocarbonyl (C=S) groups is 1. The molecule has 3 rings (SSSR count). The highest BCUT2D eigenvalue weighted by atomic mass is 32.3. The summed E-state index contributed by atoms with van der Waals surface area (Å²) in [6, 6.07) is 20.6. The van der Waals surface area contributed by atoms with Crippen LogP contribution in [0.25, 0.3) is 0 Å². The van der Waals surface area contributed by atoms with Crippen LogP contribution < -0.4 is 0 Å². The van der Waals surface area contributed by atoms with Crippen molar-refractivity contribution < 1.29 is 71.6 Å². The third-order valence-electron chi connectivity index (χ3n) is 3.03. The monoisotopic (exact) mass is 710 g/mol. The van der Waals surface area contributed by atoms with Crippen LogP contribution in [0.5, 0.6) is 0 Å². The van der Waals surface area contributed by atoms with Crippen LogP contribution in [0.15, 0.2) is 94.4 Å². The molecule has 0 fully saturated rings. The second-order valence-corrected chi connectivity index (χ2v) is 11.6. The third-order valence-corrected chi connectivity index (χ3v) is 5.09. The summed E-state index contributed by atoms with van der Waals surface area (Å²) in [6.07, 6.45) is 6.73. The van der Waals surface area contributed by atoms with E-state index in [-0.39, 0.29) is 0 Å². The Morgan fingerprint density at radius 3 is 1.22 bits per heavy atom. The van der Waals surface area contributed by atoms with Gasteiger partial charge in [0.15, 0.2) is 5.76 Å². The zero-order chi connectivity index (χ0) is 32.5. The Bertz CT molecular complexity index is 1390. The summed E-state index contributed by atoms with van der Waals surface area (Å²) >= 11 is 4.75. The predicted octanol–water partition coefficient (Wildman–Crippen LogP) is 3.56. The van der Waals surface area contributed by atoms with Crippen molar-refractivity contribution in [2.45, 2.75) is 16.2 Å². The molecular weight excluding hydrogens is 693 g/mol. The third kappa shape index (κ3) is 37.5. The summed E-state index contributed by atoms with van der Waals surface area (Å²) in [4.78, 5) is 3.29. The van der Waals surface area contributed by atoms with Crippen LogP contribution in [-0.4, -0.2) is 56.7 Å². The summed E-state index contributed by atoms with van der Waals surface area (Å²) in [5.41, 5.74) is 0. The van der Waals surface area contributed by atoms with Gasteiger partial charge in [0.05, 0.1) is 0 Å². The molecule has 3 N–H and O–H groups in total. The van der Waals surface area contributed by atoms with E-state index in [2.05, 4.69) is 24.3 Å². The maximum absolute atomic E-state index is 10.2. The first-order chi connectivity index (χ1) is 18.3. The number of rotatable bonds is 4. The Morgan fingerprint density at radius 1 is 0.683 bits per heavy atom. The SMILES string of the molecule is O=S(=O)(O)F.O=S(=O)(O)F.O=S(=O)(O)F.O=S(=O)([O-])F.S=C1C=CC(O[S+](c2ccccc2)c2ccccc2)=CC1. The highest BCUT2D eigenvalue weighted by molar-refractivity contribution is 7.92. The van der Waals surface area contributed by atoms with E-state index < -0.39 is 53.2 Å². The Hall–Kier alpha value is -2.48. The summed E-state index contributed by atoms with van der Waals surface area (Å²) in [5, 5.41) is 0. The number of hydrogen-bond donors (Lipinski definition) is 3. The topological polar surface area (TPSA) is 230 Å². The van der Waals surface area contributed by atoms with E-state index in [1.165, 1.54) is 9.79 Å². The van der Waals surface area contributed by atoms with Crippen molar-refractivity contribution in [2.24, 2.45) is 0 Å². The lowest BCUT2D eigenvalue weighted by Crippen LogP contribution is -2.09. The molecule has 0 aliphatic heterocycles. The minimum Gasteiger partial charge on any atom is -0.722 e. The smallest absolute Gasteiger partial charge is 0.435 e. The Kier molecular flexibility index (Phi) is 18.7. The molecule has 232 valence electrons. The number of hydrogen-bond acceptors (Lipinski definition) is 11. The van der Waals surface area contributed by atoms with Gasteiger partial charge in [-0.15, -0.1) is 3.89 Å². The van der Waals surface area contributed by atoms with E-state index in [0.29, 0.717) is 0 Å². The van der Waals surface area contributed by atoms with E-state index in [0.717, 1.165) is 17.0 Å². The molecule has 41 heavy (non-hydrogen) atoms. The Labute approximate surface area is 241 Å². The average molecular weight is 711 g/mol. The molecule has 0 saturated heterocycles. The van der Waals surface area contributed by atoms with Gasteiger partial charge in [-0.2, -0.15) is 25.3 Å². The van der Waals surface area contributed by atoms with E-state index in [9.17, 15) is 15.5 Å². The van der Waals surface area contributed by atoms with Crippen LogP contribution >= 0.6 is 12.2 Å². The van der Waals surface area contributed by atoms with Crippen molar-refractivity contribution in [3.8, 4) is 0 Å². The molecule has 2 aromatic carbocycles. The van der Waals surface area contributed by atoms with Gasteiger partial charge in [-0.1, -0.05) is 60.3 Å². The van der Waals surface area contributed by atoms with E-state index in [4.69, 9.17) is 68.3 Å². The summed E-state index contributed by atoms with van der Waals surface area (Å²) < 4.78 is 144. The maximum atomic E-state index is 10.2. The van der Waals surface area contributed by atoms with Crippen molar-refractivity contribution in [3.05, 3.63) is 84.7 Å². The summed E-state index contributed by atoms with van der Waals surface area (Å²) in [6.45, 7) is 0. The quantitative estimate of drug-likeness (QED) is 0.136. The second-order valence-electron chi connectivity index (χ2n) is 6.22. The highest BCUT2D eigenvalue weighted by Crippen LogP contribution is 2.28. The van der Waals surface area contributed by atoms with Gasteiger partial charge in [-0.25, -0.2) is 8.42 Å². The Morgan fingerprint density at radius 2 is 0.976 bits per heavy atom. The van der Waals surface area contributed by atoms with E-state index in [1.54, 1.807) is 0 Å². The molecule has 1 aliphatic rings. The van der Waals surface area contributed by atoms with Gasteiger partial charge in [-0.05, 0) is 42.5 Å². The van der Waals surface area contributed by atoms with Crippen LogP contribution in [0.3, 0.4) is 0 Å². The van der Waals surface area contributed by atoms with Crippen molar-refractivity contribution >= 4 is 70.3 Å². The molecule has 1 aliphatic carbocycles. The van der Waals surface area contributed by atoms with Crippen molar-refractivity contribution in [2.75, 3.05) is 0 Å². The first-order valence-corrected chi connectivity index (χ1v) is 16.3. The fourth-order valence-electron chi connectivity index (χ4n) is 1.99. The molecule has 0 radical (unpaired) electrons. The Balaban J connectivity index is 0. The highest BCUT2D eigenvalue weighted by Gasteiger charge is 2.30. The minimum atomic E-state index is -5.42. The molecule has 0 spiro atoms. The predicted molar refractivity (Wildman–Crippen MR) is 141 cm³/mol. The fourth-order valence-corrected chi connectivity index (χ4v) is 3.73. The maximum Gasteiger partial charge on any atom is 0.435 e. The van der Waals surface area contributed by atoms with Gasteiger partial charge in [0.25, 0.3) is 21.7 Å². The summed E-state index contributed by atoms with van der Waals surface area (Å²) in [7, 11) is -20.9. The molecule has 23 heteroatoms. The van der Waals surface area contributed by atoms with Crippen LogP contribution in [0.2, 0.25) is 0 Å². The van der Waals surface area contributed by atoms with Gasteiger partial charge < -0.3 is 4.55 Å². The molecule has 0 unspecified atom stereocenters. The number of allylic oxidation sites excluding steroid dienone is 3. The van der Waals surface area contributed by atoms with Crippen LogP contribution in [0.4, 0.5) is 15.5 Å². The van der Waals surface area contributed by atoms with Gasteiger partial charge in [-0.3, -0.25) is 17.8 Å². The minimum absolute atomic E-state index is 0.423. The molecule has 0 bridgehead atoms. The molecule has 13 nitrogen and oxygen atoms in total. The number of benzene rings is 2. The van der Waals surface area contributed by atoms with E-state index >= 15 is 0 Å². The van der Waals surface area contributed by atoms with Gasteiger partial charge in [0, 0.05) is 11.3 Å². The average Bonchev–Trinajstić information content (AvgIpc) is 2.75. The molecule has 0 atom stereocenters. The molecule has 0 heterocycles. The van der Waals surface area contributed by atoms with Crippen molar-refractivity contribution in [1.29, 1.82) is 0 Å². The lowest BCUT2D eigenvalue weighted by atomic mass is 10.2. The van der Waals surface area contributed by atoms with Gasteiger partial charge in [0.1, 0.15) is 0 Å². The molecule has 2 aromatic rings. The first kappa shape index (κ1) is 40.7. The molecule has 0 amide bonds. The van der Waals surface area contributed by atoms with Gasteiger partial charge in [0.2, 0.25) is 9.79 Å². The van der Waals surface area contributed by atoms with Crippen LogP contribution in [0, 0.1) is 0 Å². The molecular formula is C18H18F4O13S6. The zero-order valence-electron chi connectivity index (χ0n) is 19.6. The normalized spacial score (nSPS) is 12.9. The molecule has 0 aromatic heterocycles. The second kappa shape index (κ2) is 18.9. The van der Waals surface area contributed by atoms with Crippen molar-refractivity contribution in [3.63, 3.8) is 0 Å². The van der Waals surface area contributed by atoms with Crippen molar-refractivity contribution in [1.82, 2.24) is 0 Å². The van der Waals surface area contributed by atoms with Gasteiger partial charge >= 0.3 is 31.5 Å². The lowest BCUT2D eigenvalue weighted by Gasteiger charge is -2.10. The van der Waals surface area contributed by atoms with Crippen LogP contribution in [0.1, 0.15) is 6.42 Å². The molecule has 0 saturated carbocycles. The van der Waals surface area contributed by atoms with E-state index in [1.807, 2.05) is 54.6 Å². The number of halogens is 4. The standard InChI is InChI=1S/C18H15OS2.4FHO3S/c20-16-13-11-15(12-14-16)19-21(17-7-3-1-4-8-17)18-9-5-2-6-10-18;4*1-5(2,3)4/h1-13H,14H2;4*(H,2,3,4)/q+1;;;;/p-1. The lowest BCUT2D eigenvalue weighted by molar-refractivity contribution is 0.416.